The molecule has 24 heavy (non-hydrogen) atoms. The number of aryl methyl sites for hydroxylation is 1. The maximum atomic E-state index is 13.1. The highest BCUT2D eigenvalue weighted by molar-refractivity contribution is 5.96. The number of amides is 1. The van der Waals surface area contributed by atoms with Gasteiger partial charge in [0.25, 0.3) is 0 Å². The van der Waals surface area contributed by atoms with Crippen LogP contribution in [0.3, 0.4) is 0 Å². The van der Waals surface area contributed by atoms with E-state index in [1.54, 1.807) is 0 Å². The molecule has 130 valence electrons. The Kier molecular flexibility index (Phi) is 4.59. The number of piperazine rings is 1. The molecule has 2 aliphatic heterocycles. The third-order valence-corrected chi connectivity index (χ3v) is 6.21. The van der Waals surface area contributed by atoms with Crippen molar-refractivity contribution in [3.8, 4) is 0 Å². The number of carbonyl (C=O) groups excluding carboxylic acids is 1. The van der Waals surface area contributed by atoms with Crippen LogP contribution in [0.5, 0.6) is 0 Å². The van der Waals surface area contributed by atoms with Crippen molar-refractivity contribution >= 4 is 11.6 Å². The van der Waals surface area contributed by atoms with Gasteiger partial charge >= 0.3 is 0 Å². The molecule has 1 aromatic carbocycles. The molecular weight excluding hydrogens is 298 g/mol. The SMILES string of the molecule is O=C(CN1CCNCC12CCCCC2)N1CCCc2ccccc21. The number of hydrogen-bond acceptors (Lipinski definition) is 3. The molecule has 1 saturated carbocycles. The van der Waals surface area contributed by atoms with E-state index >= 15 is 0 Å². The lowest BCUT2D eigenvalue weighted by Gasteiger charge is -2.50. The third-order valence-electron chi connectivity index (χ3n) is 6.21. The highest BCUT2D eigenvalue weighted by Crippen LogP contribution is 2.35. The second-order valence-electron chi connectivity index (χ2n) is 7.66. The van der Waals surface area contributed by atoms with Crippen LogP contribution in [-0.2, 0) is 11.2 Å². The van der Waals surface area contributed by atoms with Crippen molar-refractivity contribution in [3.05, 3.63) is 29.8 Å². The highest BCUT2D eigenvalue weighted by Gasteiger charge is 2.41. The van der Waals surface area contributed by atoms with Gasteiger partial charge in [0.1, 0.15) is 0 Å². The number of anilines is 1. The zero-order chi connectivity index (χ0) is 16.4. The van der Waals surface area contributed by atoms with Gasteiger partial charge in [-0.1, -0.05) is 37.5 Å². The Morgan fingerprint density at radius 1 is 1.08 bits per heavy atom. The lowest BCUT2D eigenvalue weighted by molar-refractivity contribution is -0.122. The standard InChI is InChI=1S/C20H29N3O/c24-19(23-13-6-8-17-7-2-3-9-18(17)23)15-22-14-12-21-16-20(22)10-4-1-5-11-20/h2-3,7,9,21H,1,4-6,8,10-16H2. The Bertz CT molecular complexity index is 586. The Balaban J connectivity index is 1.51. The Morgan fingerprint density at radius 2 is 1.92 bits per heavy atom. The summed E-state index contributed by atoms with van der Waals surface area (Å²) in [6.07, 6.45) is 8.61. The minimum Gasteiger partial charge on any atom is -0.314 e. The average molecular weight is 327 g/mol. The quantitative estimate of drug-likeness (QED) is 0.907. The van der Waals surface area contributed by atoms with Gasteiger partial charge in [0.05, 0.1) is 6.54 Å². The average Bonchev–Trinajstić information content (AvgIpc) is 2.64. The smallest absolute Gasteiger partial charge is 0.241 e. The first-order valence-corrected chi connectivity index (χ1v) is 9.63. The largest absolute Gasteiger partial charge is 0.314 e. The summed E-state index contributed by atoms with van der Waals surface area (Å²) in [6, 6.07) is 8.42. The van der Waals surface area contributed by atoms with Crippen molar-refractivity contribution in [2.45, 2.75) is 50.5 Å². The van der Waals surface area contributed by atoms with Crippen molar-refractivity contribution in [3.63, 3.8) is 0 Å². The van der Waals surface area contributed by atoms with E-state index < -0.39 is 0 Å². The molecule has 0 unspecified atom stereocenters. The van der Waals surface area contributed by atoms with Gasteiger partial charge in [0.2, 0.25) is 5.91 Å². The number of benzene rings is 1. The molecule has 4 nitrogen and oxygen atoms in total. The van der Waals surface area contributed by atoms with Crippen LogP contribution in [-0.4, -0.2) is 49.1 Å². The van der Waals surface area contributed by atoms with E-state index in [2.05, 4.69) is 34.5 Å². The molecule has 3 aliphatic rings. The van der Waals surface area contributed by atoms with E-state index in [1.807, 2.05) is 4.90 Å². The van der Waals surface area contributed by atoms with Crippen molar-refractivity contribution in [2.75, 3.05) is 37.6 Å². The molecule has 4 rings (SSSR count). The van der Waals surface area contributed by atoms with E-state index in [0.29, 0.717) is 6.54 Å². The predicted octanol–water partition coefficient (Wildman–Crippen LogP) is 2.57. The molecule has 1 spiro atoms. The van der Waals surface area contributed by atoms with Gasteiger partial charge in [-0.15, -0.1) is 0 Å². The predicted molar refractivity (Wildman–Crippen MR) is 97.4 cm³/mol. The molecule has 2 fully saturated rings. The Labute approximate surface area is 145 Å². The molecule has 0 atom stereocenters. The normalized spacial score (nSPS) is 23.9. The lowest BCUT2D eigenvalue weighted by Crippen LogP contribution is -2.63. The van der Waals surface area contributed by atoms with Crippen LogP contribution in [0.25, 0.3) is 0 Å². The first-order valence-electron chi connectivity index (χ1n) is 9.63. The number of hydrogen-bond donors (Lipinski definition) is 1. The molecule has 1 aromatic rings. The number of nitrogens with zero attached hydrogens (tertiary/aromatic N) is 2. The summed E-state index contributed by atoms with van der Waals surface area (Å²) in [5.41, 5.74) is 2.69. The first-order chi connectivity index (χ1) is 11.8. The summed E-state index contributed by atoms with van der Waals surface area (Å²) in [5.74, 6) is 0.286. The fourth-order valence-electron chi connectivity index (χ4n) is 4.88. The van der Waals surface area contributed by atoms with Gasteiger partial charge < -0.3 is 10.2 Å². The summed E-state index contributed by atoms with van der Waals surface area (Å²) in [4.78, 5) is 17.7. The summed E-state index contributed by atoms with van der Waals surface area (Å²) in [7, 11) is 0. The minimum absolute atomic E-state index is 0.224. The Hall–Kier alpha value is -1.39. The van der Waals surface area contributed by atoms with Crippen LogP contribution in [0.15, 0.2) is 24.3 Å². The number of carbonyl (C=O) groups is 1. The van der Waals surface area contributed by atoms with E-state index in [9.17, 15) is 4.79 Å². The van der Waals surface area contributed by atoms with Crippen molar-refractivity contribution in [1.29, 1.82) is 0 Å². The summed E-state index contributed by atoms with van der Waals surface area (Å²) >= 11 is 0. The zero-order valence-corrected chi connectivity index (χ0v) is 14.6. The molecule has 0 aromatic heterocycles. The highest BCUT2D eigenvalue weighted by atomic mass is 16.2. The Morgan fingerprint density at radius 3 is 2.79 bits per heavy atom. The number of fused-ring (bicyclic) bond motifs is 1. The van der Waals surface area contributed by atoms with Crippen LogP contribution < -0.4 is 10.2 Å². The second kappa shape index (κ2) is 6.85. The van der Waals surface area contributed by atoms with E-state index in [4.69, 9.17) is 0 Å². The third kappa shape index (κ3) is 2.98. The molecule has 1 amide bonds. The van der Waals surface area contributed by atoms with E-state index in [-0.39, 0.29) is 11.4 Å². The van der Waals surface area contributed by atoms with Crippen LogP contribution in [0, 0.1) is 0 Å². The van der Waals surface area contributed by atoms with Crippen LogP contribution in [0.2, 0.25) is 0 Å². The van der Waals surface area contributed by atoms with Gasteiger partial charge in [-0.05, 0) is 37.3 Å². The van der Waals surface area contributed by atoms with Crippen molar-refractivity contribution < 1.29 is 4.79 Å². The van der Waals surface area contributed by atoms with E-state index in [1.165, 1.54) is 37.7 Å². The topological polar surface area (TPSA) is 35.6 Å². The van der Waals surface area contributed by atoms with Gasteiger partial charge in [0.15, 0.2) is 0 Å². The zero-order valence-electron chi connectivity index (χ0n) is 14.6. The maximum absolute atomic E-state index is 13.1. The van der Waals surface area contributed by atoms with Gasteiger partial charge in [-0.25, -0.2) is 0 Å². The molecule has 4 heteroatoms. The molecule has 1 aliphatic carbocycles. The number of para-hydroxylation sites is 1. The molecule has 0 bridgehead atoms. The van der Waals surface area contributed by atoms with Crippen LogP contribution in [0.4, 0.5) is 5.69 Å². The number of rotatable bonds is 2. The second-order valence-corrected chi connectivity index (χ2v) is 7.66. The monoisotopic (exact) mass is 327 g/mol. The molecule has 1 N–H and O–H groups in total. The first kappa shape index (κ1) is 16.1. The number of nitrogens with one attached hydrogen (secondary N) is 1. The molecular formula is C20H29N3O. The summed E-state index contributed by atoms with van der Waals surface area (Å²) < 4.78 is 0. The van der Waals surface area contributed by atoms with Gasteiger partial charge in [0, 0.05) is 37.4 Å². The summed E-state index contributed by atoms with van der Waals surface area (Å²) in [5, 5.41) is 3.58. The van der Waals surface area contributed by atoms with Gasteiger partial charge in [-0.2, -0.15) is 0 Å². The minimum atomic E-state index is 0.224. The molecule has 1 saturated heterocycles. The van der Waals surface area contributed by atoms with Crippen molar-refractivity contribution in [2.24, 2.45) is 0 Å². The lowest BCUT2D eigenvalue weighted by atomic mass is 9.79. The molecule has 2 heterocycles. The van der Waals surface area contributed by atoms with Crippen molar-refractivity contribution in [1.82, 2.24) is 10.2 Å². The van der Waals surface area contributed by atoms with E-state index in [0.717, 1.165) is 44.7 Å². The maximum Gasteiger partial charge on any atom is 0.241 e. The molecule has 0 radical (unpaired) electrons. The fraction of sp³-hybridized carbons (Fsp3) is 0.650. The van der Waals surface area contributed by atoms with Crippen LogP contribution in [0.1, 0.15) is 44.1 Å². The summed E-state index contributed by atoms with van der Waals surface area (Å²) in [6.45, 7) is 4.51. The van der Waals surface area contributed by atoms with Gasteiger partial charge in [-0.3, -0.25) is 9.69 Å². The van der Waals surface area contributed by atoms with Crippen LogP contribution >= 0.6 is 0 Å². The fourth-order valence-corrected chi connectivity index (χ4v) is 4.88.